The molecule has 0 spiro atoms. The van der Waals surface area contributed by atoms with Crippen molar-refractivity contribution < 1.29 is 23.1 Å². The molecule has 1 rings (SSSR count). The van der Waals surface area contributed by atoms with Gasteiger partial charge in [-0.3, -0.25) is 9.59 Å². The highest BCUT2D eigenvalue weighted by molar-refractivity contribution is 8.14. The van der Waals surface area contributed by atoms with E-state index in [1.165, 1.54) is 19.1 Å². The van der Waals surface area contributed by atoms with Crippen molar-refractivity contribution >= 4 is 44.5 Å². The van der Waals surface area contributed by atoms with Gasteiger partial charge in [-0.05, 0) is 18.2 Å². The van der Waals surface area contributed by atoms with Gasteiger partial charge in [0.25, 0.3) is 0 Å². The monoisotopic (exact) mass is 337 g/mol. The number of carbonyl (C=O) groups is 2. The zero-order chi connectivity index (χ0) is 15.5. The molecular formula is C11H12ClNO5S2. The summed E-state index contributed by atoms with van der Waals surface area (Å²) in [5.74, 6) is -1.61. The van der Waals surface area contributed by atoms with E-state index < -0.39 is 27.0 Å². The fourth-order valence-corrected chi connectivity index (χ4v) is 3.11. The summed E-state index contributed by atoms with van der Waals surface area (Å²) in [4.78, 5) is 22.2. The number of nitrogens with two attached hydrogens (primary N) is 1. The Labute approximate surface area is 125 Å². The van der Waals surface area contributed by atoms with Gasteiger partial charge < -0.3 is 5.11 Å². The SMILES string of the molecule is C[C@H](CSC(=O)c1ccc(Cl)c(S(N)(=O)=O)c1)C(=O)O. The van der Waals surface area contributed by atoms with Crippen LogP contribution in [0.4, 0.5) is 0 Å². The van der Waals surface area contributed by atoms with Crippen molar-refractivity contribution in [2.75, 3.05) is 5.75 Å². The zero-order valence-electron chi connectivity index (χ0n) is 10.4. The molecule has 3 N–H and O–H groups in total. The van der Waals surface area contributed by atoms with Gasteiger partial charge in [0.05, 0.1) is 10.9 Å². The maximum atomic E-state index is 11.9. The lowest BCUT2D eigenvalue weighted by Crippen LogP contribution is -2.14. The highest BCUT2D eigenvalue weighted by Crippen LogP contribution is 2.24. The Morgan fingerprint density at radius 3 is 2.55 bits per heavy atom. The number of rotatable bonds is 5. The van der Waals surface area contributed by atoms with E-state index >= 15 is 0 Å². The minimum absolute atomic E-state index is 0.0760. The molecule has 0 aliphatic rings. The largest absolute Gasteiger partial charge is 0.481 e. The van der Waals surface area contributed by atoms with Crippen molar-refractivity contribution in [3.05, 3.63) is 28.8 Å². The second-order valence-corrected chi connectivity index (χ2v) is 6.96. The molecule has 1 aromatic rings. The standard InChI is InChI=1S/C11H12ClNO5S2/c1-6(10(14)15)5-19-11(16)7-2-3-8(12)9(4-7)20(13,17)18/h2-4,6H,5H2,1H3,(H,14,15)(H2,13,17,18)/t6-/m1/s1. The van der Waals surface area contributed by atoms with E-state index in [4.69, 9.17) is 21.8 Å². The first-order valence-electron chi connectivity index (χ1n) is 5.35. The van der Waals surface area contributed by atoms with Crippen LogP contribution in [0.15, 0.2) is 23.1 Å². The van der Waals surface area contributed by atoms with E-state index in [0.29, 0.717) is 0 Å². The normalized spacial score (nSPS) is 12.9. The van der Waals surface area contributed by atoms with Crippen LogP contribution >= 0.6 is 23.4 Å². The van der Waals surface area contributed by atoms with Gasteiger partial charge in [-0.15, -0.1) is 0 Å². The Balaban J connectivity index is 2.93. The summed E-state index contributed by atoms with van der Waals surface area (Å²) in [6, 6.07) is 3.70. The molecule has 6 nitrogen and oxygen atoms in total. The molecule has 0 fully saturated rings. The summed E-state index contributed by atoms with van der Waals surface area (Å²) in [5.41, 5.74) is 0.0982. The molecule has 9 heteroatoms. The quantitative estimate of drug-likeness (QED) is 0.843. The van der Waals surface area contributed by atoms with E-state index in [1.807, 2.05) is 0 Å². The van der Waals surface area contributed by atoms with Crippen molar-refractivity contribution in [3.63, 3.8) is 0 Å². The lowest BCUT2D eigenvalue weighted by atomic mass is 10.2. The van der Waals surface area contributed by atoms with Crippen LogP contribution in [-0.2, 0) is 14.8 Å². The summed E-state index contributed by atoms with van der Waals surface area (Å²) in [7, 11) is -4.02. The average Bonchev–Trinajstić information content (AvgIpc) is 2.34. The molecule has 1 aromatic carbocycles. The number of carbonyl (C=O) groups excluding carboxylic acids is 1. The molecule has 0 aliphatic heterocycles. The number of hydrogen-bond donors (Lipinski definition) is 2. The molecule has 0 aliphatic carbocycles. The Hall–Kier alpha value is -1.09. The first kappa shape index (κ1) is 17.0. The number of benzene rings is 1. The van der Waals surface area contributed by atoms with Gasteiger partial charge in [-0.2, -0.15) is 0 Å². The van der Waals surface area contributed by atoms with Crippen molar-refractivity contribution in [1.82, 2.24) is 0 Å². The molecule has 0 amide bonds. The summed E-state index contributed by atoms with van der Waals surface area (Å²) >= 11 is 6.49. The Kier molecular flexibility index (Phi) is 5.58. The van der Waals surface area contributed by atoms with Crippen LogP contribution in [-0.4, -0.2) is 30.4 Å². The lowest BCUT2D eigenvalue weighted by Gasteiger charge is -2.07. The van der Waals surface area contributed by atoms with Gasteiger partial charge in [0.15, 0.2) is 0 Å². The van der Waals surface area contributed by atoms with Crippen molar-refractivity contribution in [1.29, 1.82) is 0 Å². The van der Waals surface area contributed by atoms with Gasteiger partial charge >= 0.3 is 5.97 Å². The number of hydrogen-bond acceptors (Lipinski definition) is 5. The highest BCUT2D eigenvalue weighted by Gasteiger charge is 2.18. The first-order valence-corrected chi connectivity index (χ1v) is 8.26. The fourth-order valence-electron chi connectivity index (χ4n) is 1.20. The van der Waals surface area contributed by atoms with Crippen LogP contribution in [0.3, 0.4) is 0 Å². The smallest absolute Gasteiger partial charge is 0.307 e. The average molecular weight is 338 g/mol. The van der Waals surface area contributed by atoms with Crippen LogP contribution in [0, 0.1) is 5.92 Å². The number of sulfonamides is 1. The Morgan fingerprint density at radius 2 is 2.05 bits per heavy atom. The van der Waals surface area contributed by atoms with Crippen molar-refractivity contribution in [3.8, 4) is 0 Å². The summed E-state index contributed by atoms with van der Waals surface area (Å²) < 4.78 is 22.6. The van der Waals surface area contributed by atoms with E-state index in [0.717, 1.165) is 17.8 Å². The van der Waals surface area contributed by atoms with E-state index in [-0.39, 0.29) is 21.2 Å². The number of aliphatic carboxylic acids is 1. The summed E-state index contributed by atoms with van der Waals surface area (Å²) in [5, 5.41) is 13.2. The third-order valence-electron chi connectivity index (χ3n) is 2.36. The number of carboxylic acid groups (broad SMARTS) is 1. The van der Waals surface area contributed by atoms with Gasteiger partial charge in [-0.1, -0.05) is 30.3 Å². The Bertz CT molecular complexity index is 644. The maximum absolute atomic E-state index is 11.9. The second kappa shape index (κ2) is 6.57. The predicted molar refractivity (Wildman–Crippen MR) is 76.4 cm³/mol. The molecule has 0 saturated carbocycles. The minimum Gasteiger partial charge on any atom is -0.481 e. The summed E-state index contributed by atoms with van der Waals surface area (Å²) in [6.07, 6.45) is 0. The first-order chi connectivity index (χ1) is 9.12. The Morgan fingerprint density at radius 1 is 1.45 bits per heavy atom. The van der Waals surface area contributed by atoms with Gasteiger partial charge in [0.2, 0.25) is 15.1 Å². The van der Waals surface area contributed by atoms with E-state index in [9.17, 15) is 18.0 Å². The van der Waals surface area contributed by atoms with Crippen LogP contribution in [0.5, 0.6) is 0 Å². The molecule has 1 atom stereocenters. The van der Waals surface area contributed by atoms with Gasteiger partial charge in [0.1, 0.15) is 4.90 Å². The van der Waals surface area contributed by atoms with Crippen LogP contribution in [0.2, 0.25) is 5.02 Å². The van der Waals surface area contributed by atoms with E-state index in [2.05, 4.69) is 0 Å². The van der Waals surface area contributed by atoms with Crippen molar-refractivity contribution in [2.45, 2.75) is 11.8 Å². The fraction of sp³-hybridized carbons (Fsp3) is 0.273. The zero-order valence-corrected chi connectivity index (χ0v) is 12.8. The number of primary sulfonamides is 1. The highest BCUT2D eigenvalue weighted by atomic mass is 35.5. The van der Waals surface area contributed by atoms with Crippen LogP contribution < -0.4 is 5.14 Å². The second-order valence-electron chi connectivity index (χ2n) is 4.03. The van der Waals surface area contributed by atoms with Gasteiger partial charge in [-0.25, -0.2) is 13.6 Å². The molecular weight excluding hydrogens is 326 g/mol. The molecule has 110 valence electrons. The number of halogens is 1. The molecule has 0 aromatic heterocycles. The minimum atomic E-state index is -4.02. The van der Waals surface area contributed by atoms with Crippen LogP contribution in [0.25, 0.3) is 0 Å². The maximum Gasteiger partial charge on any atom is 0.307 e. The predicted octanol–water partition coefficient (Wildman–Crippen LogP) is 1.58. The van der Waals surface area contributed by atoms with Gasteiger partial charge in [0, 0.05) is 11.3 Å². The number of carboxylic acids is 1. The third kappa shape index (κ3) is 4.48. The third-order valence-corrected chi connectivity index (χ3v) is 4.92. The molecule has 20 heavy (non-hydrogen) atoms. The summed E-state index contributed by atoms with van der Waals surface area (Å²) in [6.45, 7) is 1.47. The van der Waals surface area contributed by atoms with E-state index in [1.54, 1.807) is 0 Å². The molecule has 0 bridgehead atoms. The molecule has 0 radical (unpaired) electrons. The molecule has 0 heterocycles. The van der Waals surface area contributed by atoms with Crippen LogP contribution in [0.1, 0.15) is 17.3 Å². The molecule has 0 unspecified atom stereocenters. The topological polar surface area (TPSA) is 115 Å². The number of thioether (sulfide) groups is 1. The van der Waals surface area contributed by atoms with Crippen molar-refractivity contribution in [2.24, 2.45) is 11.1 Å². The molecule has 0 saturated heterocycles. The lowest BCUT2D eigenvalue weighted by molar-refractivity contribution is -0.140.